The number of phenols is 1. The third-order valence-corrected chi connectivity index (χ3v) is 8.58. The number of aromatic nitrogens is 2. The lowest BCUT2D eigenvalue weighted by Crippen LogP contribution is -2.23. The smallest absolute Gasteiger partial charge is 0.267 e. The van der Waals surface area contributed by atoms with E-state index in [1.54, 1.807) is 34.1 Å². The van der Waals surface area contributed by atoms with E-state index < -0.39 is 0 Å². The van der Waals surface area contributed by atoms with E-state index >= 15 is 0 Å². The van der Waals surface area contributed by atoms with Crippen LogP contribution >= 0.6 is 23.1 Å². The minimum Gasteiger partial charge on any atom is -0.508 e. The number of hydrogen-bond acceptors (Lipinski definition) is 6. The number of fused-ring (bicyclic) bond motifs is 3. The normalized spacial score (nSPS) is 13.3. The minimum absolute atomic E-state index is 0.0256. The standard InChI is InChI=1S/C27H26N2O3S2/c1-15-8-9-16(2)21(12-15)29-26(32)24-20-6-4-5-7-23(20)34-25(24)28-27(29)33-14-19-13-18(17(3)30)10-11-22(19)31/h8-13,31H,4-7,14H2,1-3H3. The Labute approximate surface area is 206 Å². The predicted octanol–water partition coefficient (Wildman–Crippen LogP) is 6.14. The number of benzene rings is 2. The first-order chi connectivity index (χ1) is 16.3. The molecule has 7 heteroatoms. The number of ketones is 1. The summed E-state index contributed by atoms with van der Waals surface area (Å²) in [5.41, 5.74) is 5.25. The number of Topliss-reactive ketones (excluding diaryl/α,β-unsaturated/α-hetero) is 1. The molecule has 0 spiro atoms. The Hall–Kier alpha value is -2.90. The SMILES string of the molecule is CC(=O)c1ccc(O)c(CSc2nc3sc4c(c3c(=O)n2-c2cc(C)ccc2C)CCCC4)c1. The van der Waals surface area contributed by atoms with Crippen molar-refractivity contribution in [1.82, 2.24) is 9.55 Å². The number of aryl methyl sites for hydroxylation is 4. The Bertz CT molecular complexity index is 1500. The Morgan fingerprint density at radius 3 is 2.74 bits per heavy atom. The summed E-state index contributed by atoms with van der Waals surface area (Å²) >= 11 is 3.04. The van der Waals surface area contributed by atoms with Crippen LogP contribution < -0.4 is 5.56 Å². The average Bonchev–Trinajstić information content (AvgIpc) is 3.19. The number of hydrogen-bond donors (Lipinski definition) is 1. The molecule has 5 nitrogen and oxygen atoms in total. The summed E-state index contributed by atoms with van der Waals surface area (Å²) in [5, 5.41) is 11.7. The Balaban J connectivity index is 1.68. The second kappa shape index (κ2) is 9.04. The lowest BCUT2D eigenvalue weighted by molar-refractivity contribution is 0.101. The van der Waals surface area contributed by atoms with Gasteiger partial charge in [-0.3, -0.25) is 14.2 Å². The molecule has 0 amide bonds. The summed E-state index contributed by atoms with van der Waals surface area (Å²) in [4.78, 5) is 32.9. The molecule has 0 bridgehead atoms. The summed E-state index contributed by atoms with van der Waals surface area (Å²) < 4.78 is 1.74. The van der Waals surface area contributed by atoms with Gasteiger partial charge in [-0.05, 0) is 87.4 Å². The van der Waals surface area contributed by atoms with Crippen LogP contribution in [0.1, 0.15) is 57.3 Å². The fraction of sp³-hybridized carbons (Fsp3) is 0.296. The molecule has 0 fully saturated rings. The number of carbonyl (C=O) groups is 1. The summed E-state index contributed by atoms with van der Waals surface area (Å²) in [6.45, 7) is 5.53. The third kappa shape index (κ3) is 4.07. The van der Waals surface area contributed by atoms with Gasteiger partial charge in [0, 0.05) is 21.8 Å². The van der Waals surface area contributed by atoms with Crippen molar-refractivity contribution in [2.24, 2.45) is 0 Å². The van der Waals surface area contributed by atoms with Crippen molar-refractivity contribution >= 4 is 39.1 Å². The lowest BCUT2D eigenvalue weighted by atomic mass is 9.97. The molecular formula is C27H26N2O3S2. The highest BCUT2D eigenvalue weighted by Crippen LogP contribution is 2.36. The highest BCUT2D eigenvalue weighted by molar-refractivity contribution is 7.98. The number of thiophene rings is 1. The molecule has 0 atom stereocenters. The van der Waals surface area contributed by atoms with E-state index in [0.717, 1.165) is 52.7 Å². The van der Waals surface area contributed by atoms with Crippen LogP contribution in [0.2, 0.25) is 0 Å². The van der Waals surface area contributed by atoms with Gasteiger partial charge in [-0.2, -0.15) is 0 Å². The van der Waals surface area contributed by atoms with E-state index in [-0.39, 0.29) is 17.1 Å². The van der Waals surface area contributed by atoms with Crippen LogP contribution in [0.5, 0.6) is 5.75 Å². The van der Waals surface area contributed by atoms with Crippen LogP contribution in [0.4, 0.5) is 0 Å². The number of carbonyl (C=O) groups excluding carboxylic acids is 1. The number of aromatic hydroxyl groups is 1. The van der Waals surface area contributed by atoms with E-state index in [9.17, 15) is 14.7 Å². The lowest BCUT2D eigenvalue weighted by Gasteiger charge is -2.16. The van der Waals surface area contributed by atoms with Gasteiger partial charge in [-0.25, -0.2) is 4.98 Å². The van der Waals surface area contributed by atoms with Gasteiger partial charge in [0.15, 0.2) is 10.9 Å². The molecule has 5 rings (SSSR count). The molecule has 174 valence electrons. The van der Waals surface area contributed by atoms with E-state index in [1.807, 2.05) is 32.0 Å². The summed E-state index contributed by atoms with van der Waals surface area (Å²) in [5.74, 6) is 0.467. The van der Waals surface area contributed by atoms with E-state index in [4.69, 9.17) is 4.98 Å². The first-order valence-electron chi connectivity index (χ1n) is 11.4. The van der Waals surface area contributed by atoms with Gasteiger partial charge in [0.05, 0.1) is 11.1 Å². The highest BCUT2D eigenvalue weighted by Gasteiger charge is 2.23. The van der Waals surface area contributed by atoms with Gasteiger partial charge in [0.2, 0.25) is 0 Å². The average molecular weight is 491 g/mol. The molecule has 2 aromatic heterocycles. The van der Waals surface area contributed by atoms with Crippen molar-refractivity contribution in [3.05, 3.63) is 79.4 Å². The van der Waals surface area contributed by atoms with Gasteiger partial charge >= 0.3 is 0 Å². The van der Waals surface area contributed by atoms with Crippen LogP contribution in [-0.2, 0) is 18.6 Å². The number of thioether (sulfide) groups is 1. The maximum absolute atomic E-state index is 14.0. The minimum atomic E-state index is -0.0535. The summed E-state index contributed by atoms with van der Waals surface area (Å²) in [6, 6.07) is 11.0. The highest BCUT2D eigenvalue weighted by atomic mass is 32.2. The van der Waals surface area contributed by atoms with E-state index in [2.05, 4.69) is 0 Å². The van der Waals surface area contributed by atoms with Crippen molar-refractivity contribution in [3.63, 3.8) is 0 Å². The molecule has 1 aliphatic rings. The number of rotatable bonds is 5. The van der Waals surface area contributed by atoms with E-state index in [0.29, 0.717) is 22.0 Å². The molecule has 0 radical (unpaired) electrons. The van der Waals surface area contributed by atoms with Gasteiger partial charge in [-0.1, -0.05) is 23.9 Å². The first kappa shape index (κ1) is 22.9. The fourth-order valence-electron chi connectivity index (χ4n) is 4.52. The van der Waals surface area contributed by atoms with E-state index in [1.165, 1.54) is 29.1 Å². The monoisotopic (exact) mass is 490 g/mol. The van der Waals surface area contributed by atoms with Gasteiger partial charge in [-0.15, -0.1) is 11.3 Å². The van der Waals surface area contributed by atoms with Crippen molar-refractivity contribution in [1.29, 1.82) is 0 Å². The topological polar surface area (TPSA) is 72.2 Å². The van der Waals surface area contributed by atoms with Crippen molar-refractivity contribution in [2.45, 2.75) is 57.4 Å². The molecule has 2 heterocycles. The van der Waals surface area contributed by atoms with Crippen LogP contribution in [-0.4, -0.2) is 20.4 Å². The van der Waals surface area contributed by atoms with Crippen LogP contribution in [0.25, 0.3) is 15.9 Å². The zero-order valence-corrected chi connectivity index (χ0v) is 21.1. The molecule has 1 aliphatic carbocycles. The molecule has 0 saturated heterocycles. The fourth-order valence-corrected chi connectivity index (χ4v) is 6.81. The third-order valence-electron chi connectivity index (χ3n) is 6.41. The van der Waals surface area contributed by atoms with Gasteiger partial charge in [0.25, 0.3) is 5.56 Å². The van der Waals surface area contributed by atoms with Crippen LogP contribution in [0, 0.1) is 13.8 Å². The van der Waals surface area contributed by atoms with Gasteiger partial charge < -0.3 is 5.11 Å². The van der Waals surface area contributed by atoms with Gasteiger partial charge in [0.1, 0.15) is 10.6 Å². The summed E-state index contributed by atoms with van der Waals surface area (Å²) in [7, 11) is 0. The van der Waals surface area contributed by atoms with Crippen LogP contribution in [0.15, 0.2) is 46.3 Å². The second-order valence-electron chi connectivity index (χ2n) is 8.90. The molecule has 1 N–H and O–H groups in total. The van der Waals surface area contributed by atoms with Crippen molar-refractivity contribution in [2.75, 3.05) is 0 Å². The molecule has 0 saturated carbocycles. The zero-order valence-electron chi connectivity index (χ0n) is 19.5. The predicted molar refractivity (Wildman–Crippen MR) is 139 cm³/mol. The maximum atomic E-state index is 14.0. The quantitative estimate of drug-likeness (QED) is 0.207. The maximum Gasteiger partial charge on any atom is 0.267 e. The Kier molecular flexibility index (Phi) is 6.08. The molecule has 4 aromatic rings. The van der Waals surface area contributed by atoms with Crippen LogP contribution in [0.3, 0.4) is 0 Å². The molecule has 34 heavy (non-hydrogen) atoms. The molecule has 2 aromatic carbocycles. The number of phenolic OH excluding ortho intramolecular Hbond substituents is 1. The Morgan fingerprint density at radius 2 is 1.94 bits per heavy atom. The number of nitrogens with zero attached hydrogens (tertiary/aromatic N) is 2. The summed E-state index contributed by atoms with van der Waals surface area (Å²) in [6.07, 6.45) is 4.19. The first-order valence-corrected chi connectivity index (χ1v) is 13.2. The second-order valence-corrected chi connectivity index (χ2v) is 10.9. The molecule has 0 unspecified atom stereocenters. The van der Waals surface area contributed by atoms with Crippen molar-refractivity contribution < 1.29 is 9.90 Å². The largest absolute Gasteiger partial charge is 0.508 e. The molecular weight excluding hydrogens is 464 g/mol. The van der Waals surface area contributed by atoms with Crippen molar-refractivity contribution in [3.8, 4) is 11.4 Å². The Morgan fingerprint density at radius 1 is 1.15 bits per heavy atom. The zero-order chi connectivity index (χ0) is 24.0. The molecule has 0 aliphatic heterocycles.